The molecular weight excluding hydrogens is 483 g/mol. The number of nitrogens with one attached hydrogen (secondary N) is 1. The van der Waals surface area contributed by atoms with Crippen LogP contribution in [0.15, 0.2) is 68.6 Å². The summed E-state index contributed by atoms with van der Waals surface area (Å²) in [7, 11) is 0. The summed E-state index contributed by atoms with van der Waals surface area (Å²) in [6, 6.07) is 16.9. The van der Waals surface area contributed by atoms with Gasteiger partial charge in [0.25, 0.3) is 5.91 Å². The van der Waals surface area contributed by atoms with Crippen molar-refractivity contribution < 1.29 is 9.53 Å². The molecule has 0 aromatic heterocycles. The Hall–Kier alpha value is -1.89. The highest BCUT2D eigenvalue weighted by Crippen LogP contribution is 2.34. The molecular formula is C19H13Br2ClN2O2. The van der Waals surface area contributed by atoms with Crippen LogP contribution in [0.5, 0.6) is 5.75 Å². The topological polar surface area (TPSA) is 50.7 Å². The highest BCUT2D eigenvalue weighted by atomic mass is 79.9. The van der Waals surface area contributed by atoms with E-state index in [1.165, 1.54) is 6.21 Å². The minimum Gasteiger partial charge on any atom is -0.483 e. The second-order valence-corrected chi connectivity index (χ2v) is 7.46. The molecule has 0 unspecified atom stereocenters. The van der Waals surface area contributed by atoms with Crippen molar-refractivity contribution in [3.63, 3.8) is 0 Å². The summed E-state index contributed by atoms with van der Waals surface area (Å²) in [5, 5.41) is 6.52. The number of carbonyl (C=O) groups excluding carboxylic acids is 1. The standard InChI is InChI=1S/C19H13Br2ClN2O2/c20-14-6-7-15-12(9-14)5-8-17(19(15)21)26-11-18(25)24-23-10-13-3-1-2-4-16(13)22/h1-10H,11H2,(H,24,25)/b23-10+. The van der Waals surface area contributed by atoms with Crippen LogP contribution in [0.2, 0.25) is 5.02 Å². The quantitative estimate of drug-likeness (QED) is 0.372. The number of hydrogen-bond donors (Lipinski definition) is 1. The number of fused-ring (bicyclic) bond motifs is 1. The largest absolute Gasteiger partial charge is 0.483 e. The van der Waals surface area contributed by atoms with Crippen molar-refractivity contribution in [1.82, 2.24) is 5.43 Å². The van der Waals surface area contributed by atoms with E-state index in [4.69, 9.17) is 16.3 Å². The first-order chi connectivity index (χ1) is 12.5. The summed E-state index contributed by atoms with van der Waals surface area (Å²) < 4.78 is 7.39. The molecule has 0 aliphatic rings. The fourth-order valence-electron chi connectivity index (χ4n) is 2.28. The van der Waals surface area contributed by atoms with Gasteiger partial charge in [0.1, 0.15) is 5.75 Å². The monoisotopic (exact) mass is 494 g/mol. The molecule has 0 heterocycles. The number of hydrogen-bond acceptors (Lipinski definition) is 3. The SMILES string of the molecule is O=C(COc1ccc2cc(Br)ccc2c1Br)N/N=C/c1ccccc1Cl. The lowest BCUT2D eigenvalue weighted by Crippen LogP contribution is -2.24. The van der Waals surface area contributed by atoms with Crippen LogP contribution in [0.25, 0.3) is 10.8 Å². The maximum Gasteiger partial charge on any atom is 0.277 e. The summed E-state index contributed by atoms with van der Waals surface area (Å²) in [4.78, 5) is 11.9. The maximum absolute atomic E-state index is 11.9. The number of nitrogens with zero attached hydrogens (tertiary/aromatic N) is 1. The first-order valence-electron chi connectivity index (χ1n) is 7.61. The Morgan fingerprint density at radius 1 is 1.15 bits per heavy atom. The van der Waals surface area contributed by atoms with Crippen LogP contribution >= 0.6 is 43.5 Å². The normalized spacial score (nSPS) is 11.0. The van der Waals surface area contributed by atoms with E-state index in [1.54, 1.807) is 12.1 Å². The highest BCUT2D eigenvalue weighted by molar-refractivity contribution is 9.11. The fourth-order valence-corrected chi connectivity index (χ4v) is 3.45. The van der Waals surface area contributed by atoms with Crippen LogP contribution in [0.4, 0.5) is 0 Å². The Bertz CT molecular complexity index is 992. The number of halogens is 3. The zero-order valence-electron chi connectivity index (χ0n) is 13.4. The predicted octanol–water partition coefficient (Wildman–Crippen LogP) is 5.55. The lowest BCUT2D eigenvalue weighted by molar-refractivity contribution is -0.123. The zero-order valence-corrected chi connectivity index (χ0v) is 17.3. The Balaban J connectivity index is 1.61. The van der Waals surface area contributed by atoms with Crippen molar-refractivity contribution in [3.05, 3.63) is 74.1 Å². The Kier molecular flexibility index (Phi) is 6.29. The molecule has 7 heteroatoms. The maximum atomic E-state index is 11.9. The van der Waals surface area contributed by atoms with E-state index in [0.717, 1.165) is 25.3 Å². The van der Waals surface area contributed by atoms with Gasteiger partial charge in [0.15, 0.2) is 6.61 Å². The van der Waals surface area contributed by atoms with Crippen LogP contribution in [-0.4, -0.2) is 18.7 Å². The lowest BCUT2D eigenvalue weighted by Gasteiger charge is -2.10. The van der Waals surface area contributed by atoms with Gasteiger partial charge in [0, 0.05) is 15.1 Å². The second kappa shape index (κ2) is 8.66. The number of ether oxygens (including phenoxy) is 1. The summed E-state index contributed by atoms with van der Waals surface area (Å²) in [5.41, 5.74) is 3.14. The van der Waals surface area contributed by atoms with Gasteiger partial charge in [-0.2, -0.15) is 5.10 Å². The second-order valence-electron chi connectivity index (χ2n) is 5.35. The summed E-state index contributed by atoms with van der Waals surface area (Å²) in [6.07, 6.45) is 1.49. The first kappa shape index (κ1) is 18.9. The van der Waals surface area contributed by atoms with Crippen LogP contribution < -0.4 is 10.2 Å². The van der Waals surface area contributed by atoms with Gasteiger partial charge >= 0.3 is 0 Å². The molecule has 0 aliphatic heterocycles. The number of carbonyl (C=O) groups is 1. The summed E-state index contributed by atoms with van der Waals surface area (Å²) >= 11 is 13.0. The fraction of sp³-hybridized carbons (Fsp3) is 0.0526. The van der Waals surface area contributed by atoms with E-state index < -0.39 is 0 Å². The molecule has 3 aromatic carbocycles. The molecule has 0 aliphatic carbocycles. The van der Waals surface area contributed by atoms with Crippen molar-refractivity contribution in [1.29, 1.82) is 0 Å². The molecule has 0 radical (unpaired) electrons. The molecule has 3 aromatic rings. The molecule has 0 atom stereocenters. The van der Waals surface area contributed by atoms with Gasteiger partial charge in [-0.3, -0.25) is 4.79 Å². The van der Waals surface area contributed by atoms with E-state index in [-0.39, 0.29) is 12.5 Å². The molecule has 0 fully saturated rings. The van der Waals surface area contributed by atoms with Gasteiger partial charge < -0.3 is 4.74 Å². The Labute approximate surface area is 172 Å². The number of benzene rings is 3. The third-order valence-electron chi connectivity index (χ3n) is 3.54. The third kappa shape index (κ3) is 4.63. The number of amides is 1. The molecule has 0 spiro atoms. The summed E-state index contributed by atoms with van der Waals surface area (Å²) in [5.74, 6) is 0.223. The van der Waals surface area contributed by atoms with E-state index in [1.807, 2.05) is 42.5 Å². The molecule has 26 heavy (non-hydrogen) atoms. The van der Waals surface area contributed by atoms with Crippen molar-refractivity contribution in [2.75, 3.05) is 6.61 Å². The molecule has 0 bridgehead atoms. The van der Waals surface area contributed by atoms with Crippen molar-refractivity contribution in [2.24, 2.45) is 5.10 Å². The smallest absolute Gasteiger partial charge is 0.277 e. The average Bonchev–Trinajstić information content (AvgIpc) is 2.62. The average molecular weight is 497 g/mol. The molecule has 4 nitrogen and oxygen atoms in total. The van der Waals surface area contributed by atoms with Gasteiger partial charge in [-0.15, -0.1) is 0 Å². The molecule has 1 amide bonds. The number of hydrazone groups is 1. The van der Waals surface area contributed by atoms with E-state index in [0.29, 0.717) is 10.8 Å². The van der Waals surface area contributed by atoms with Crippen molar-refractivity contribution in [2.45, 2.75) is 0 Å². The van der Waals surface area contributed by atoms with Crippen LogP contribution in [0, 0.1) is 0 Å². The first-order valence-corrected chi connectivity index (χ1v) is 9.58. The minimum absolute atomic E-state index is 0.152. The Morgan fingerprint density at radius 3 is 2.77 bits per heavy atom. The molecule has 3 rings (SSSR count). The zero-order chi connectivity index (χ0) is 18.5. The van der Waals surface area contributed by atoms with E-state index in [2.05, 4.69) is 42.4 Å². The van der Waals surface area contributed by atoms with Gasteiger partial charge in [-0.1, -0.05) is 57.9 Å². The molecule has 0 saturated carbocycles. The number of rotatable bonds is 5. The molecule has 132 valence electrons. The van der Waals surface area contributed by atoms with Crippen LogP contribution in [0.3, 0.4) is 0 Å². The minimum atomic E-state index is -0.365. The Morgan fingerprint density at radius 2 is 1.96 bits per heavy atom. The summed E-state index contributed by atoms with van der Waals surface area (Å²) in [6.45, 7) is -0.152. The van der Waals surface area contributed by atoms with Gasteiger partial charge in [-0.05, 0) is 51.0 Å². The predicted molar refractivity (Wildman–Crippen MR) is 112 cm³/mol. The van der Waals surface area contributed by atoms with E-state index in [9.17, 15) is 4.79 Å². The molecule has 0 saturated heterocycles. The van der Waals surface area contributed by atoms with Gasteiger partial charge in [0.2, 0.25) is 0 Å². The van der Waals surface area contributed by atoms with Crippen LogP contribution in [-0.2, 0) is 4.79 Å². The highest BCUT2D eigenvalue weighted by Gasteiger charge is 2.09. The van der Waals surface area contributed by atoms with Gasteiger partial charge in [-0.25, -0.2) is 5.43 Å². The van der Waals surface area contributed by atoms with E-state index >= 15 is 0 Å². The van der Waals surface area contributed by atoms with Gasteiger partial charge in [0.05, 0.1) is 10.7 Å². The van der Waals surface area contributed by atoms with Crippen molar-refractivity contribution >= 4 is 66.4 Å². The van der Waals surface area contributed by atoms with Crippen molar-refractivity contribution in [3.8, 4) is 5.75 Å². The van der Waals surface area contributed by atoms with Crippen LogP contribution in [0.1, 0.15) is 5.56 Å². The lowest BCUT2D eigenvalue weighted by atomic mass is 10.1. The third-order valence-corrected chi connectivity index (χ3v) is 5.19. The molecule has 1 N–H and O–H groups in total.